The number of hydrogen-bond acceptors (Lipinski definition) is 6. The van der Waals surface area contributed by atoms with Crippen LogP contribution in [0.2, 0.25) is 0 Å². The molecule has 28 heavy (non-hydrogen) atoms. The van der Waals surface area contributed by atoms with Crippen LogP contribution in [0.15, 0.2) is 12.1 Å². The van der Waals surface area contributed by atoms with Crippen molar-refractivity contribution >= 4 is 23.1 Å². The summed E-state index contributed by atoms with van der Waals surface area (Å²) >= 11 is 0. The normalized spacial score (nSPS) is 15.8. The molecule has 1 aliphatic heterocycles. The molecule has 4 rings (SSSR count). The van der Waals surface area contributed by atoms with E-state index in [1.807, 2.05) is 12.1 Å². The van der Waals surface area contributed by atoms with Crippen molar-refractivity contribution in [3.05, 3.63) is 23.4 Å². The first-order chi connectivity index (χ1) is 13.7. The molecule has 1 saturated heterocycles. The van der Waals surface area contributed by atoms with E-state index in [2.05, 4.69) is 4.90 Å². The van der Waals surface area contributed by atoms with Crippen LogP contribution < -0.4 is 15.2 Å². The summed E-state index contributed by atoms with van der Waals surface area (Å²) in [5, 5.41) is 7.86. The Morgan fingerprint density at radius 2 is 1.96 bits per heavy atom. The Balaban J connectivity index is 0.000000706. The van der Waals surface area contributed by atoms with Crippen LogP contribution >= 0.6 is 0 Å². The lowest BCUT2D eigenvalue weighted by Crippen LogP contribution is -2.21. The molecule has 0 saturated carbocycles. The molecule has 2 heterocycles. The van der Waals surface area contributed by atoms with Crippen LogP contribution in [0.4, 0.5) is 5.69 Å². The molecule has 3 N–H and O–H groups in total. The van der Waals surface area contributed by atoms with Crippen LogP contribution in [-0.4, -0.2) is 54.8 Å². The van der Waals surface area contributed by atoms with Gasteiger partial charge in [0.05, 0.1) is 19.2 Å². The number of likely N-dealkylation sites (tertiary alicyclic amines) is 1. The maximum Gasteiger partial charge on any atom is 0.290 e. The number of nitrogen functional groups attached to an aromatic ring is 1. The summed E-state index contributed by atoms with van der Waals surface area (Å²) in [6, 6.07) is 3.96. The Kier molecular flexibility index (Phi) is 6.92. The molecule has 0 unspecified atom stereocenters. The average Bonchev–Trinajstić information content (AvgIpc) is 3.37. The van der Waals surface area contributed by atoms with Crippen LogP contribution in [0.25, 0.3) is 10.9 Å². The molecule has 2 aliphatic rings. The number of benzene rings is 1. The highest BCUT2D eigenvalue weighted by Gasteiger charge is 2.20. The van der Waals surface area contributed by atoms with Crippen LogP contribution in [0, 0.1) is 0 Å². The van der Waals surface area contributed by atoms with Crippen molar-refractivity contribution in [3.63, 3.8) is 0 Å². The monoisotopic (exact) mass is 387 g/mol. The second kappa shape index (κ2) is 9.59. The number of carboxylic acid groups (broad SMARTS) is 1. The summed E-state index contributed by atoms with van der Waals surface area (Å²) in [6.07, 6.45) is 6.88. The first-order valence-electron chi connectivity index (χ1n) is 9.90. The lowest BCUT2D eigenvalue weighted by molar-refractivity contribution is -0.122. The van der Waals surface area contributed by atoms with E-state index in [4.69, 9.17) is 30.1 Å². The van der Waals surface area contributed by atoms with E-state index in [0.29, 0.717) is 6.61 Å². The van der Waals surface area contributed by atoms with Gasteiger partial charge in [-0.3, -0.25) is 9.78 Å². The third kappa shape index (κ3) is 4.47. The number of nitrogens with zero attached hydrogens (tertiary/aromatic N) is 2. The zero-order chi connectivity index (χ0) is 19.9. The summed E-state index contributed by atoms with van der Waals surface area (Å²) in [6.45, 7) is 4.01. The maximum absolute atomic E-state index is 8.36. The van der Waals surface area contributed by atoms with E-state index in [1.165, 1.54) is 31.5 Å². The van der Waals surface area contributed by atoms with E-state index in [0.717, 1.165) is 66.0 Å². The van der Waals surface area contributed by atoms with Crippen molar-refractivity contribution in [2.24, 2.45) is 0 Å². The molecule has 1 fully saturated rings. The number of carbonyl (C=O) groups is 1. The van der Waals surface area contributed by atoms with E-state index in [1.54, 1.807) is 7.11 Å². The molecule has 1 aliphatic carbocycles. The summed E-state index contributed by atoms with van der Waals surface area (Å²) < 4.78 is 11.6. The first-order valence-corrected chi connectivity index (χ1v) is 9.90. The van der Waals surface area contributed by atoms with E-state index in [9.17, 15) is 0 Å². The van der Waals surface area contributed by atoms with Gasteiger partial charge in [-0.2, -0.15) is 0 Å². The lowest BCUT2D eigenvalue weighted by Gasteiger charge is -2.16. The standard InChI is InChI=1S/C20H27N3O2.CH2O2/c1-24-18-12-15-17(22-16-7-4-6-14(16)20(15)21)13-19(18)25-11-5-10-23-8-2-3-9-23;2-1-3/h12-13H,2-11H2,1H3,(H2,21,22);1H,(H,2,3). The van der Waals surface area contributed by atoms with Crippen LogP contribution in [0.1, 0.15) is 36.9 Å². The number of ether oxygens (including phenoxy) is 2. The number of nitrogens with two attached hydrogens (primary N) is 1. The largest absolute Gasteiger partial charge is 0.493 e. The zero-order valence-electron chi connectivity index (χ0n) is 16.4. The van der Waals surface area contributed by atoms with E-state index in [-0.39, 0.29) is 6.47 Å². The summed E-state index contributed by atoms with van der Waals surface area (Å²) in [4.78, 5) is 15.7. The molecule has 0 atom stereocenters. The fourth-order valence-corrected chi connectivity index (χ4v) is 4.06. The minimum absolute atomic E-state index is 0.250. The zero-order valence-corrected chi connectivity index (χ0v) is 16.4. The van der Waals surface area contributed by atoms with Crippen LogP contribution in [-0.2, 0) is 17.6 Å². The molecular formula is C21H29N3O4. The molecule has 1 aromatic heterocycles. The van der Waals surface area contributed by atoms with Gasteiger partial charge in [-0.05, 0) is 63.2 Å². The van der Waals surface area contributed by atoms with Crippen molar-refractivity contribution in [3.8, 4) is 11.5 Å². The predicted octanol–water partition coefficient (Wildman–Crippen LogP) is 2.88. The fraction of sp³-hybridized carbons (Fsp3) is 0.524. The smallest absolute Gasteiger partial charge is 0.290 e. The summed E-state index contributed by atoms with van der Waals surface area (Å²) in [5.41, 5.74) is 10.5. The van der Waals surface area contributed by atoms with Crippen molar-refractivity contribution in [1.29, 1.82) is 0 Å². The van der Waals surface area contributed by atoms with Crippen LogP contribution in [0.5, 0.6) is 11.5 Å². The van der Waals surface area contributed by atoms with Gasteiger partial charge in [0.25, 0.3) is 6.47 Å². The van der Waals surface area contributed by atoms with Gasteiger partial charge >= 0.3 is 0 Å². The SMILES string of the molecule is COc1cc2c(N)c3c(nc2cc1OCCCN1CCCC1)CCC3.O=CO. The number of fused-ring (bicyclic) bond motifs is 2. The van der Waals surface area contributed by atoms with Gasteiger partial charge in [-0.25, -0.2) is 0 Å². The number of hydrogen-bond donors (Lipinski definition) is 2. The molecule has 0 amide bonds. The Morgan fingerprint density at radius 3 is 2.68 bits per heavy atom. The first kappa shape index (κ1) is 20.2. The van der Waals surface area contributed by atoms with Gasteiger partial charge in [-0.15, -0.1) is 0 Å². The summed E-state index contributed by atoms with van der Waals surface area (Å²) in [7, 11) is 1.68. The molecular weight excluding hydrogens is 358 g/mol. The van der Waals surface area contributed by atoms with Gasteiger partial charge in [0.15, 0.2) is 11.5 Å². The minimum Gasteiger partial charge on any atom is -0.493 e. The number of pyridine rings is 1. The highest BCUT2D eigenvalue weighted by Crippen LogP contribution is 2.38. The van der Waals surface area contributed by atoms with Gasteiger partial charge in [0.2, 0.25) is 0 Å². The van der Waals surface area contributed by atoms with Crippen molar-refractivity contribution in [2.75, 3.05) is 39.1 Å². The third-order valence-corrected chi connectivity index (χ3v) is 5.42. The molecule has 0 spiro atoms. The second-order valence-corrected chi connectivity index (χ2v) is 7.18. The van der Waals surface area contributed by atoms with Gasteiger partial charge in [-0.1, -0.05) is 0 Å². The Labute approximate surface area is 165 Å². The summed E-state index contributed by atoms with van der Waals surface area (Å²) in [5.74, 6) is 1.50. The van der Waals surface area contributed by atoms with Gasteiger partial charge < -0.3 is 25.2 Å². The fourth-order valence-electron chi connectivity index (χ4n) is 4.06. The molecule has 0 radical (unpaired) electrons. The minimum atomic E-state index is -0.250. The Bertz CT molecular complexity index is 819. The lowest BCUT2D eigenvalue weighted by atomic mass is 10.1. The van der Waals surface area contributed by atoms with Crippen molar-refractivity contribution < 1.29 is 19.4 Å². The molecule has 152 valence electrons. The van der Waals surface area contributed by atoms with Crippen LogP contribution in [0.3, 0.4) is 0 Å². The van der Waals surface area contributed by atoms with E-state index < -0.39 is 0 Å². The quantitative estimate of drug-likeness (QED) is 0.581. The third-order valence-electron chi connectivity index (χ3n) is 5.42. The van der Waals surface area contributed by atoms with Gasteiger partial charge in [0.1, 0.15) is 0 Å². The second-order valence-electron chi connectivity index (χ2n) is 7.18. The van der Waals surface area contributed by atoms with Crippen molar-refractivity contribution in [1.82, 2.24) is 9.88 Å². The Morgan fingerprint density at radius 1 is 1.21 bits per heavy atom. The predicted molar refractivity (Wildman–Crippen MR) is 109 cm³/mol. The van der Waals surface area contributed by atoms with Crippen molar-refractivity contribution in [2.45, 2.75) is 38.5 Å². The molecule has 7 heteroatoms. The highest BCUT2D eigenvalue weighted by molar-refractivity contribution is 5.94. The number of rotatable bonds is 6. The maximum atomic E-state index is 8.36. The number of methoxy groups -OCH3 is 1. The number of aryl methyl sites for hydroxylation is 1. The number of anilines is 1. The molecule has 0 bridgehead atoms. The Hall–Kier alpha value is -2.54. The molecule has 2 aromatic rings. The highest BCUT2D eigenvalue weighted by atomic mass is 16.5. The topological polar surface area (TPSA) is 97.9 Å². The molecule has 1 aromatic carbocycles. The number of aromatic nitrogens is 1. The molecule has 7 nitrogen and oxygen atoms in total. The van der Waals surface area contributed by atoms with E-state index >= 15 is 0 Å². The van der Waals surface area contributed by atoms with Gasteiger partial charge in [0, 0.05) is 29.4 Å². The average molecular weight is 387 g/mol.